The van der Waals surface area contributed by atoms with Crippen LogP contribution in [-0.4, -0.2) is 32.3 Å². The summed E-state index contributed by atoms with van der Waals surface area (Å²) in [5.74, 6) is 0.933. The van der Waals surface area contributed by atoms with Crippen molar-refractivity contribution < 1.29 is 14.0 Å². The fraction of sp³-hybridized carbons (Fsp3) is 0.381. The molecule has 0 atom stereocenters. The molecule has 1 aliphatic rings. The van der Waals surface area contributed by atoms with Gasteiger partial charge in [0.05, 0.1) is 11.8 Å². The molecule has 32 heavy (non-hydrogen) atoms. The van der Waals surface area contributed by atoms with Crippen LogP contribution in [0, 0.1) is 11.3 Å². The zero-order valence-corrected chi connectivity index (χ0v) is 18.9. The molecule has 0 aromatic carbocycles. The summed E-state index contributed by atoms with van der Waals surface area (Å²) in [5, 5.41) is 22.1. The Morgan fingerprint density at radius 2 is 2.16 bits per heavy atom. The van der Waals surface area contributed by atoms with E-state index in [2.05, 4.69) is 21.6 Å². The minimum Gasteiger partial charge on any atom is -0.461 e. The summed E-state index contributed by atoms with van der Waals surface area (Å²) in [6.07, 6.45) is 6.00. The molecule has 166 valence electrons. The Labute approximate surface area is 193 Å². The summed E-state index contributed by atoms with van der Waals surface area (Å²) in [6.45, 7) is 0.319. The van der Waals surface area contributed by atoms with Gasteiger partial charge in [0.15, 0.2) is 16.7 Å². The van der Waals surface area contributed by atoms with Crippen molar-refractivity contribution in [2.75, 3.05) is 11.1 Å². The summed E-state index contributed by atoms with van der Waals surface area (Å²) in [7, 11) is 0. The Bertz CT molecular complexity index is 1160. The Morgan fingerprint density at radius 1 is 1.31 bits per heavy atom. The zero-order chi connectivity index (χ0) is 22.5. The number of thiophene rings is 1. The molecule has 2 amide bonds. The number of nitriles is 1. The van der Waals surface area contributed by atoms with Crippen molar-refractivity contribution in [1.29, 1.82) is 5.26 Å². The van der Waals surface area contributed by atoms with E-state index in [9.17, 15) is 14.9 Å². The smallest absolute Gasteiger partial charge is 0.225 e. The second-order valence-corrected chi connectivity index (χ2v) is 9.49. The third-order valence-electron chi connectivity index (χ3n) is 5.14. The number of rotatable bonds is 9. The van der Waals surface area contributed by atoms with Gasteiger partial charge in [-0.1, -0.05) is 11.8 Å². The van der Waals surface area contributed by atoms with Gasteiger partial charge in [-0.3, -0.25) is 14.2 Å². The van der Waals surface area contributed by atoms with Crippen LogP contribution in [0.2, 0.25) is 0 Å². The topological polar surface area (TPSA) is 140 Å². The number of carbonyl (C=O) groups is 2. The first-order valence-electron chi connectivity index (χ1n) is 10.3. The van der Waals surface area contributed by atoms with E-state index in [-0.39, 0.29) is 18.7 Å². The number of fused-ring (bicyclic) bond motifs is 1. The summed E-state index contributed by atoms with van der Waals surface area (Å²) >= 11 is 2.88. The fourth-order valence-electron chi connectivity index (χ4n) is 3.60. The highest BCUT2D eigenvalue weighted by Gasteiger charge is 2.22. The first-order chi connectivity index (χ1) is 15.6. The Morgan fingerprint density at radius 3 is 2.91 bits per heavy atom. The van der Waals surface area contributed by atoms with Gasteiger partial charge in [0.2, 0.25) is 11.8 Å². The van der Waals surface area contributed by atoms with Gasteiger partial charge in [-0.2, -0.15) is 5.26 Å². The van der Waals surface area contributed by atoms with E-state index in [1.165, 1.54) is 34.2 Å². The number of hydrogen-bond acceptors (Lipinski definition) is 8. The van der Waals surface area contributed by atoms with Crippen molar-refractivity contribution in [2.45, 2.75) is 50.2 Å². The number of carbonyl (C=O) groups excluding carboxylic acids is 2. The lowest BCUT2D eigenvalue weighted by Gasteiger charge is -2.09. The molecular formula is C21H22N6O3S2. The predicted molar refractivity (Wildman–Crippen MR) is 121 cm³/mol. The van der Waals surface area contributed by atoms with Gasteiger partial charge in [0.25, 0.3) is 0 Å². The van der Waals surface area contributed by atoms with Crippen LogP contribution in [-0.2, 0) is 29.0 Å². The summed E-state index contributed by atoms with van der Waals surface area (Å²) in [4.78, 5) is 25.0. The average molecular weight is 471 g/mol. The zero-order valence-electron chi connectivity index (χ0n) is 17.3. The highest BCUT2D eigenvalue weighted by molar-refractivity contribution is 7.99. The molecule has 0 fully saturated rings. The average Bonchev–Trinajstić information content (AvgIpc) is 3.50. The molecule has 0 aliphatic heterocycles. The van der Waals surface area contributed by atoms with Crippen LogP contribution in [0.1, 0.15) is 41.7 Å². The highest BCUT2D eigenvalue weighted by Crippen LogP contribution is 2.37. The molecule has 0 saturated heterocycles. The largest absolute Gasteiger partial charge is 0.461 e. The number of primary amides is 1. The number of furan rings is 1. The molecule has 0 saturated carbocycles. The van der Waals surface area contributed by atoms with Gasteiger partial charge in [-0.25, -0.2) is 0 Å². The molecule has 0 radical (unpaired) electrons. The second kappa shape index (κ2) is 10.0. The van der Waals surface area contributed by atoms with Crippen LogP contribution in [0.3, 0.4) is 0 Å². The van der Waals surface area contributed by atoms with Gasteiger partial charge in [0.1, 0.15) is 11.1 Å². The number of hydrogen-bond donors (Lipinski definition) is 2. The van der Waals surface area contributed by atoms with E-state index in [1.807, 2.05) is 0 Å². The Kier molecular flexibility index (Phi) is 6.92. The number of nitrogens with one attached hydrogen (secondary N) is 1. The number of anilines is 1. The van der Waals surface area contributed by atoms with Gasteiger partial charge in [-0.15, -0.1) is 21.5 Å². The maximum absolute atomic E-state index is 12.5. The highest BCUT2D eigenvalue weighted by atomic mass is 32.2. The predicted octanol–water partition coefficient (Wildman–Crippen LogP) is 3.35. The second-order valence-electron chi connectivity index (χ2n) is 7.32. The van der Waals surface area contributed by atoms with Crippen LogP contribution in [0.25, 0.3) is 11.6 Å². The molecule has 3 aromatic rings. The molecule has 0 unspecified atom stereocenters. The summed E-state index contributed by atoms with van der Waals surface area (Å²) in [6, 6.07) is 5.77. The van der Waals surface area contributed by atoms with E-state index in [4.69, 9.17) is 10.2 Å². The van der Waals surface area contributed by atoms with Gasteiger partial charge < -0.3 is 15.5 Å². The Hall–Kier alpha value is -3.10. The third kappa shape index (κ3) is 4.87. The Balaban J connectivity index is 1.39. The van der Waals surface area contributed by atoms with Crippen LogP contribution < -0.4 is 11.1 Å². The monoisotopic (exact) mass is 470 g/mol. The van der Waals surface area contributed by atoms with Crippen LogP contribution in [0.5, 0.6) is 0 Å². The quantitative estimate of drug-likeness (QED) is 0.457. The molecule has 3 aromatic heterocycles. The third-order valence-corrected chi connectivity index (χ3v) is 7.31. The summed E-state index contributed by atoms with van der Waals surface area (Å²) < 4.78 is 7.18. The normalized spacial score (nSPS) is 12.8. The lowest BCUT2D eigenvalue weighted by atomic mass is 9.96. The number of nitrogens with zero attached hydrogens (tertiary/aromatic N) is 4. The minimum atomic E-state index is -0.425. The standard InChI is InChI=1S/C21H22N6O3S2/c22-12-14-13-4-1-2-6-16(13)32-20(14)24-18(29)8-11-31-21-26-25-19(15-5-3-10-30-15)27(21)9-7-17(23)28/h3,5,10H,1-2,4,6-9,11H2,(H2,23,28)(H,24,29). The van der Waals surface area contributed by atoms with Crippen molar-refractivity contribution >= 4 is 39.9 Å². The van der Waals surface area contributed by atoms with Crippen LogP contribution in [0.15, 0.2) is 28.0 Å². The van der Waals surface area contributed by atoms with E-state index in [0.717, 1.165) is 31.2 Å². The first kappa shape index (κ1) is 22.1. The van der Waals surface area contributed by atoms with Gasteiger partial charge in [0, 0.05) is 30.0 Å². The number of aromatic nitrogens is 3. The van der Waals surface area contributed by atoms with Gasteiger partial charge in [-0.05, 0) is 43.4 Å². The SMILES string of the molecule is N#Cc1c(NC(=O)CCSc2nnc(-c3ccco3)n2CCC(N)=O)sc2c1CCCC2. The molecule has 9 nitrogen and oxygen atoms in total. The van der Waals surface area contributed by atoms with Gasteiger partial charge >= 0.3 is 0 Å². The number of amides is 2. The number of thioether (sulfide) groups is 1. The lowest BCUT2D eigenvalue weighted by Crippen LogP contribution is -2.15. The molecular weight excluding hydrogens is 448 g/mol. The molecule has 4 rings (SSSR count). The molecule has 1 aliphatic carbocycles. The fourth-order valence-corrected chi connectivity index (χ4v) is 5.76. The van der Waals surface area contributed by atoms with Crippen molar-refractivity contribution in [2.24, 2.45) is 5.73 Å². The molecule has 3 N–H and O–H groups in total. The van der Waals surface area contributed by atoms with Crippen molar-refractivity contribution in [3.05, 3.63) is 34.4 Å². The minimum absolute atomic E-state index is 0.139. The number of aryl methyl sites for hydroxylation is 1. The van der Waals surface area contributed by atoms with E-state index in [1.54, 1.807) is 16.7 Å². The van der Waals surface area contributed by atoms with E-state index >= 15 is 0 Å². The first-order valence-corrected chi connectivity index (χ1v) is 12.1. The summed E-state index contributed by atoms with van der Waals surface area (Å²) in [5.41, 5.74) is 7.01. The molecule has 0 spiro atoms. The van der Waals surface area contributed by atoms with Crippen molar-refractivity contribution in [3.8, 4) is 17.7 Å². The lowest BCUT2D eigenvalue weighted by molar-refractivity contribution is -0.118. The molecule has 11 heteroatoms. The van der Waals surface area contributed by atoms with E-state index < -0.39 is 5.91 Å². The van der Waals surface area contributed by atoms with Crippen molar-refractivity contribution in [1.82, 2.24) is 14.8 Å². The van der Waals surface area contributed by atoms with Crippen LogP contribution >= 0.6 is 23.1 Å². The maximum atomic E-state index is 12.5. The van der Waals surface area contributed by atoms with E-state index in [0.29, 0.717) is 39.6 Å². The van der Waals surface area contributed by atoms with Crippen molar-refractivity contribution in [3.63, 3.8) is 0 Å². The molecule has 0 bridgehead atoms. The van der Waals surface area contributed by atoms with Crippen LogP contribution in [0.4, 0.5) is 5.00 Å². The molecule has 3 heterocycles. The maximum Gasteiger partial charge on any atom is 0.225 e. The number of nitrogens with two attached hydrogens (primary N) is 1.